The quantitative estimate of drug-likeness (QED) is 0.784. The molecule has 1 fully saturated rings. The van der Waals surface area contributed by atoms with Gasteiger partial charge in [-0.3, -0.25) is 4.79 Å². The lowest BCUT2D eigenvalue weighted by Crippen LogP contribution is -2.51. The van der Waals surface area contributed by atoms with Gasteiger partial charge < -0.3 is 9.64 Å². The van der Waals surface area contributed by atoms with E-state index in [0.717, 1.165) is 5.33 Å². The van der Waals surface area contributed by atoms with Crippen LogP contribution in [0.15, 0.2) is 24.3 Å². The summed E-state index contributed by atoms with van der Waals surface area (Å²) in [5.41, 5.74) is 1.17. The number of rotatable bonds is 2. The second-order valence-electron chi connectivity index (χ2n) is 4.61. The smallest absolute Gasteiger partial charge is 0.254 e. The molecule has 0 bridgehead atoms. The topological polar surface area (TPSA) is 53.3 Å². The number of carbonyl (C=O) groups is 1. The van der Waals surface area contributed by atoms with E-state index < -0.39 is 0 Å². The Kier molecular flexibility index (Phi) is 4.56. The Balaban J connectivity index is 2.15. The highest BCUT2D eigenvalue weighted by atomic mass is 79.9. The van der Waals surface area contributed by atoms with Gasteiger partial charge in [-0.2, -0.15) is 5.26 Å². The van der Waals surface area contributed by atoms with E-state index in [-0.39, 0.29) is 18.1 Å². The number of alkyl halides is 1. The molecule has 4 nitrogen and oxygen atoms in total. The second kappa shape index (κ2) is 6.18. The molecule has 0 aromatic heterocycles. The molecule has 1 heterocycles. The number of nitriles is 1. The van der Waals surface area contributed by atoms with Crippen LogP contribution in [0.3, 0.4) is 0 Å². The third kappa shape index (κ3) is 3.14. The highest BCUT2D eigenvalue weighted by molar-refractivity contribution is 9.09. The molecule has 0 saturated carbocycles. The van der Waals surface area contributed by atoms with Crippen LogP contribution in [-0.2, 0) is 4.74 Å². The van der Waals surface area contributed by atoms with E-state index in [0.29, 0.717) is 24.3 Å². The van der Waals surface area contributed by atoms with Crippen LogP contribution in [0.4, 0.5) is 0 Å². The fourth-order valence-electron chi connectivity index (χ4n) is 2.05. The predicted octanol–water partition coefficient (Wildman–Crippen LogP) is 2.18. The SMILES string of the molecule is CC1COC(CBr)CN1C(=O)c1ccc(C#N)cc1. The Morgan fingerprint density at radius 3 is 2.79 bits per heavy atom. The number of hydrogen-bond donors (Lipinski definition) is 0. The first-order valence-corrected chi connectivity index (χ1v) is 7.26. The maximum atomic E-state index is 12.4. The first-order valence-electron chi connectivity index (χ1n) is 6.14. The molecule has 2 rings (SSSR count). The molecule has 0 radical (unpaired) electrons. The van der Waals surface area contributed by atoms with E-state index in [9.17, 15) is 4.79 Å². The molecular formula is C14H15BrN2O2. The molecule has 2 atom stereocenters. The largest absolute Gasteiger partial charge is 0.373 e. The lowest BCUT2D eigenvalue weighted by atomic mass is 10.1. The molecule has 1 aromatic carbocycles. The summed E-state index contributed by atoms with van der Waals surface area (Å²) >= 11 is 3.38. The summed E-state index contributed by atoms with van der Waals surface area (Å²) in [6.07, 6.45) is 0.0403. The zero-order valence-corrected chi connectivity index (χ0v) is 12.3. The van der Waals surface area contributed by atoms with Crippen LogP contribution in [0.2, 0.25) is 0 Å². The molecule has 1 amide bonds. The lowest BCUT2D eigenvalue weighted by Gasteiger charge is -2.37. The van der Waals surface area contributed by atoms with Gasteiger partial charge in [0, 0.05) is 17.4 Å². The molecule has 1 aliphatic rings. The van der Waals surface area contributed by atoms with Gasteiger partial charge in [0.2, 0.25) is 0 Å². The van der Waals surface area contributed by atoms with Crippen molar-refractivity contribution in [2.45, 2.75) is 19.1 Å². The molecule has 1 aliphatic heterocycles. The van der Waals surface area contributed by atoms with Crippen LogP contribution >= 0.6 is 15.9 Å². The summed E-state index contributed by atoms with van der Waals surface area (Å²) in [5, 5.41) is 9.48. The number of amides is 1. The minimum Gasteiger partial charge on any atom is -0.373 e. The third-order valence-electron chi connectivity index (χ3n) is 3.20. The van der Waals surface area contributed by atoms with Crippen LogP contribution in [0.5, 0.6) is 0 Å². The summed E-state index contributed by atoms with van der Waals surface area (Å²) in [4.78, 5) is 14.3. The van der Waals surface area contributed by atoms with Crippen LogP contribution in [0.25, 0.3) is 0 Å². The van der Waals surface area contributed by atoms with E-state index in [1.165, 1.54) is 0 Å². The van der Waals surface area contributed by atoms with Gasteiger partial charge in [-0.1, -0.05) is 15.9 Å². The van der Waals surface area contributed by atoms with Gasteiger partial charge in [0.25, 0.3) is 5.91 Å². The molecule has 2 unspecified atom stereocenters. The Labute approximate surface area is 121 Å². The number of ether oxygens (including phenoxy) is 1. The van der Waals surface area contributed by atoms with Crippen LogP contribution in [0.1, 0.15) is 22.8 Å². The van der Waals surface area contributed by atoms with Crippen molar-refractivity contribution in [3.8, 4) is 6.07 Å². The van der Waals surface area contributed by atoms with Crippen LogP contribution in [-0.4, -0.2) is 41.4 Å². The van der Waals surface area contributed by atoms with E-state index in [2.05, 4.69) is 15.9 Å². The van der Waals surface area contributed by atoms with E-state index in [1.54, 1.807) is 24.3 Å². The number of carbonyl (C=O) groups excluding carboxylic acids is 1. The molecule has 1 aromatic rings. The first-order chi connectivity index (χ1) is 9.15. The van der Waals surface area contributed by atoms with E-state index in [4.69, 9.17) is 10.00 Å². The minimum atomic E-state index is -0.00811. The molecule has 0 spiro atoms. The predicted molar refractivity (Wildman–Crippen MR) is 75.2 cm³/mol. The van der Waals surface area contributed by atoms with E-state index >= 15 is 0 Å². The average Bonchev–Trinajstić information content (AvgIpc) is 2.47. The number of nitrogens with zero attached hydrogens (tertiary/aromatic N) is 2. The zero-order chi connectivity index (χ0) is 13.8. The van der Waals surface area contributed by atoms with Crippen molar-refractivity contribution < 1.29 is 9.53 Å². The maximum absolute atomic E-state index is 12.4. The zero-order valence-electron chi connectivity index (χ0n) is 10.7. The minimum absolute atomic E-state index is 0.00811. The number of morpholine rings is 1. The molecular weight excluding hydrogens is 308 g/mol. The Bertz CT molecular complexity index is 495. The summed E-state index contributed by atoms with van der Waals surface area (Å²) in [7, 11) is 0. The van der Waals surface area contributed by atoms with Gasteiger partial charge in [0.05, 0.1) is 30.4 Å². The third-order valence-corrected chi connectivity index (χ3v) is 3.92. The summed E-state index contributed by atoms with van der Waals surface area (Å²) in [5.74, 6) is -0.00811. The summed E-state index contributed by atoms with van der Waals surface area (Å²) in [6, 6.07) is 8.85. The lowest BCUT2D eigenvalue weighted by molar-refractivity contribution is -0.0361. The Hall–Kier alpha value is -1.38. The highest BCUT2D eigenvalue weighted by Gasteiger charge is 2.29. The molecule has 0 aliphatic carbocycles. The summed E-state index contributed by atoms with van der Waals surface area (Å²) < 4.78 is 5.61. The normalized spacial score (nSPS) is 22.9. The van der Waals surface area contributed by atoms with Gasteiger partial charge >= 0.3 is 0 Å². The van der Waals surface area contributed by atoms with Crippen molar-refractivity contribution >= 4 is 21.8 Å². The van der Waals surface area contributed by atoms with Crippen molar-refractivity contribution in [3.63, 3.8) is 0 Å². The highest BCUT2D eigenvalue weighted by Crippen LogP contribution is 2.17. The van der Waals surface area contributed by atoms with Gasteiger partial charge in [-0.25, -0.2) is 0 Å². The van der Waals surface area contributed by atoms with Crippen molar-refractivity contribution in [3.05, 3.63) is 35.4 Å². The monoisotopic (exact) mass is 322 g/mol. The fourth-order valence-corrected chi connectivity index (χ4v) is 2.44. The molecule has 5 heteroatoms. The van der Waals surface area contributed by atoms with Crippen molar-refractivity contribution in [2.75, 3.05) is 18.5 Å². The molecule has 0 N–H and O–H groups in total. The van der Waals surface area contributed by atoms with Crippen LogP contribution < -0.4 is 0 Å². The van der Waals surface area contributed by atoms with Crippen molar-refractivity contribution in [2.24, 2.45) is 0 Å². The van der Waals surface area contributed by atoms with Gasteiger partial charge in [-0.05, 0) is 31.2 Å². The molecule has 1 saturated heterocycles. The Morgan fingerprint density at radius 2 is 2.21 bits per heavy atom. The van der Waals surface area contributed by atoms with E-state index in [1.807, 2.05) is 17.9 Å². The summed E-state index contributed by atoms with van der Waals surface area (Å²) in [6.45, 7) is 3.12. The average molecular weight is 323 g/mol. The van der Waals surface area contributed by atoms with Crippen molar-refractivity contribution in [1.29, 1.82) is 5.26 Å². The van der Waals surface area contributed by atoms with Crippen LogP contribution in [0, 0.1) is 11.3 Å². The number of halogens is 1. The van der Waals surface area contributed by atoms with Crippen molar-refractivity contribution in [1.82, 2.24) is 4.90 Å². The molecule has 100 valence electrons. The fraction of sp³-hybridized carbons (Fsp3) is 0.429. The number of benzene rings is 1. The first kappa shape index (κ1) is 14.0. The Morgan fingerprint density at radius 1 is 1.53 bits per heavy atom. The standard InChI is InChI=1S/C14H15BrN2O2/c1-10-9-19-13(6-15)8-17(10)14(18)12-4-2-11(7-16)3-5-12/h2-5,10,13H,6,8-9H2,1H3. The van der Waals surface area contributed by atoms with Gasteiger partial charge in [-0.15, -0.1) is 0 Å². The number of hydrogen-bond acceptors (Lipinski definition) is 3. The van der Waals surface area contributed by atoms with Gasteiger partial charge in [0.1, 0.15) is 0 Å². The second-order valence-corrected chi connectivity index (χ2v) is 5.25. The molecule has 19 heavy (non-hydrogen) atoms. The maximum Gasteiger partial charge on any atom is 0.254 e. The van der Waals surface area contributed by atoms with Gasteiger partial charge in [0.15, 0.2) is 0 Å².